The molecule has 0 atom stereocenters. The number of nitrogens with zero attached hydrogens (tertiary/aromatic N) is 2. The minimum atomic E-state index is -0.0356. The average molecular weight is 765 g/mol. The van der Waals surface area contributed by atoms with Crippen molar-refractivity contribution in [2.75, 3.05) is 52.4 Å². The Kier molecular flexibility index (Phi) is 19.6. The fourth-order valence-electron chi connectivity index (χ4n) is 8.14. The van der Waals surface area contributed by atoms with Crippen LogP contribution in [0, 0.1) is 10.8 Å². The summed E-state index contributed by atoms with van der Waals surface area (Å²) in [6.45, 7) is 29.6. The molecule has 2 aliphatic carbocycles. The molecule has 1 saturated heterocycles. The van der Waals surface area contributed by atoms with Gasteiger partial charge in [-0.15, -0.1) is 0 Å². The molecule has 2 N–H and O–H groups in total. The van der Waals surface area contributed by atoms with Crippen LogP contribution in [0.15, 0.2) is 117 Å². The van der Waals surface area contributed by atoms with Gasteiger partial charge in [-0.3, -0.25) is 9.59 Å². The van der Waals surface area contributed by atoms with Gasteiger partial charge in [0.05, 0.1) is 0 Å². The van der Waals surface area contributed by atoms with Crippen LogP contribution in [0.3, 0.4) is 0 Å². The van der Waals surface area contributed by atoms with Crippen LogP contribution in [0.5, 0.6) is 0 Å². The second-order valence-electron chi connectivity index (χ2n) is 17.8. The van der Waals surface area contributed by atoms with Gasteiger partial charge in [0.1, 0.15) is 0 Å². The molecular weight excluding hydrogens is 689 g/mol. The summed E-state index contributed by atoms with van der Waals surface area (Å²) in [5.74, 6) is -0.0711. The Bertz CT molecular complexity index is 1520. The maximum absolute atomic E-state index is 12.5. The van der Waals surface area contributed by atoms with Gasteiger partial charge >= 0.3 is 0 Å². The average Bonchev–Trinajstić information content (AvgIpc) is 3.11. The van der Waals surface area contributed by atoms with Crippen LogP contribution >= 0.6 is 0 Å². The molecule has 308 valence electrons. The molecule has 0 saturated carbocycles. The maximum atomic E-state index is 12.5. The first kappa shape index (κ1) is 46.6. The van der Waals surface area contributed by atoms with Gasteiger partial charge in [-0.25, -0.2) is 0 Å². The lowest BCUT2D eigenvalue weighted by Crippen LogP contribution is -2.47. The number of hydrogen-bond donors (Lipinski definition) is 2. The number of carbonyl (C=O) groups excluding carboxylic acids is 2. The van der Waals surface area contributed by atoms with Crippen molar-refractivity contribution in [3.05, 3.63) is 117 Å². The summed E-state index contributed by atoms with van der Waals surface area (Å²) in [4.78, 5) is 29.9. The van der Waals surface area contributed by atoms with Crippen LogP contribution in [0.4, 0.5) is 0 Å². The Morgan fingerprint density at radius 2 is 0.964 bits per heavy atom. The summed E-state index contributed by atoms with van der Waals surface area (Å²) in [6, 6.07) is 0. The zero-order chi connectivity index (χ0) is 41.1. The molecule has 0 spiro atoms. The number of allylic oxidation sites excluding steroid dienone is 18. The largest absolute Gasteiger partial charge is 0.352 e. The zero-order valence-corrected chi connectivity index (χ0v) is 37.0. The van der Waals surface area contributed by atoms with E-state index in [-0.39, 0.29) is 22.6 Å². The minimum absolute atomic E-state index is 0.0356. The van der Waals surface area contributed by atoms with E-state index in [1.54, 1.807) is 12.2 Å². The Morgan fingerprint density at radius 3 is 1.32 bits per heavy atom. The first-order chi connectivity index (χ1) is 26.6. The van der Waals surface area contributed by atoms with E-state index in [9.17, 15) is 9.59 Å². The number of piperazine rings is 1. The molecule has 6 heteroatoms. The first-order valence-electron chi connectivity index (χ1n) is 21.4. The highest BCUT2D eigenvalue weighted by molar-refractivity contribution is 5.89. The zero-order valence-electron chi connectivity index (χ0n) is 37.0. The summed E-state index contributed by atoms with van der Waals surface area (Å²) in [6.07, 6.45) is 33.9. The van der Waals surface area contributed by atoms with Crippen molar-refractivity contribution in [3.63, 3.8) is 0 Å². The van der Waals surface area contributed by atoms with E-state index in [2.05, 4.69) is 112 Å². The van der Waals surface area contributed by atoms with Gasteiger partial charge in [0.2, 0.25) is 11.8 Å². The molecule has 1 heterocycles. The Balaban J connectivity index is 1.25. The second kappa shape index (κ2) is 23.5. The molecule has 0 aromatic carbocycles. The lowest BCUT2D eigenvalue weighted by atomic mass is 9.72. The van der Waals surface area contributed by atoms with Gasteiger partial charge in [-0.2, -0.15) is 0 Å². The number of nitrogens with one attached hydrogen (secondary N) is 2. The molecule has 1 fully saturated rings. The Morgan fingerprint density at radius 1 is 0.589 bits per heavy atom. The van der Waals surface area contributed by atoms with Crippen LogP contribution < -0.4 is 10.6 Å². The standard InChI is InChI=1S/C50H76N4O2/c1-39(23-25-45-43(5)21-13-27-49(45,7)8)17-11-19-41(3)37-47(55)51-29-15-31-53-33-35-54(36-34-53)32-16-30-52-48(56)38-42(4)20-12-18-40(2)24-26-46-44(6)22-14-28-50(46,9)10/h11-12,17-20,23-26,37-38H,13-16,21-22,27-36H2,1-10H3,(H,51,55)(H,52,56). The van der Waals surface area contributed by atoms with E-state index in [0.717, 1.165) is 63.3 Å². The third-order valence-electron chi connectivity index (χ3n) is 11.6. The molecule has 0 aromatic heterocycles. The Labute approximate surface area is 342 Å². The fraction of sp³-hybridized carbons (Fsp3) is 0.560. The molecule has 2 amide bonds. The molecular formula is C50H76N4O2. The topological polar surface area (TPSA) is 64.7 Å². The van der Waals surface area contributed by atoms with Crippen molar-refractivity contribution in [1.82, 2.24) is 20.4 Å². The highest BCUT2D eigenvalue weighted by atomic mass is 16.2. The molecule has 56 heavy (non-hydrogen) atoms. The molecule has 3 aliphatic rings. The summed E-state index contributed by atoms with van der Waals surface area (Å²) in [5, 5.41) is 6.10. The molecule has 1 aliphatic heterocycles. The second-order valence-corrected chi connectivity index (χ2v) is 17.8. The van der Waals surface area contributed by atoms with E-state index in [1.807, 2.05) is 38.2 Å². The van der Waals surface area contributed by atoms with Crippen LogP contribution in [-0.4, -0.2) is 74.0 Å². The minimum Gasteiger partial charge on any atom is -0.352 e. The summed E-state index contributed by atoms with van der Waals surface area (Å²) >= 11 is 0. The van der Waals surface area contributed by atoms with Crippen molar-refractivity contribution in [3.8, 4) is 0 Å². The van der Waals surface area contributed by atoms with E-state index in [1.165, 1.54) is 72.0 Å². The highest BCUT2D eigenvalue weighted by Crippen LogP contribution is 2.41. The van der Waals surface area contributed by atoms with E-state index < -0.39 is 0 Å². The predicted molar refractivity (Wildman–Crippen MR) is 240 cm³/mol. The molecule has 0 aromatic rings. The van der Waals surface area contributed by atoms with Gasteiger partial charge in [0, 0.05) is 51.4 Å². The monoisotopic (exact) mass is 765 g/mol. The number of carbonyl (C=O) groups is 2. The SMILES string of the molecule is CC(C=CC1=C(C)CCCC1(C)C)=CC=CC(C)=CC(=O)NCCCN1CCN(CCCNC(=O)C=C(C)C=CC=C(C)C=CC2=C(C)CCCC2(C)C)CC1. The van der Waals surface area contributed by atoms with Crippen molar-refractivity contribution in [2.45, 2.75) is 121 Å². The van der Waals surface area contributed by atoms with Crippen molar-refractivity contribution < 1.29 is 9.59 Å². The van der Waals surface area contributed by atoms with Crippen LogP contribution in [-0.2, 0) is 9.59 Å². The molecule has 3 rings (SSSR count). The first-order valence-corrected chi connectivity index (χ1v) is 21.4. The molecule has 0 unspecified atom stereocenters. The summed E-state index contributed by atoms with van der Waals surface area (Å²) < 4.78 is 0. The van der Waals surface area contributed by atoms with Gasteiger partial charge < -0.3 is 20.4 Å². The van der Waals surface area contributed by atoms with Crippen LogP contribution in [0.25, 0.3) is 0 Å². The molecule has 0 radical (unpaired) electrons. The van der Waals surface area contributed by atoms with Crippen LogP contribution in [0.1, 0.15) is 121 Å². The quantitative estimate of drug-likeness (QED) is 0.0829. The fourth-order valence-corrected chi connectivity index (χ4v) is 8.14. The van der Waals surface area contributed by atoms with Crippen LogP contribution in [0.2, 0.25) is 0 Å². The summed E-state index contributed by atoms with van der Waals surface area (Å²) in [5.41, 5.74) is 10.7. The van der Waals surface area contributed by atoms with Crippen molar-refractivity contribution >= 4 is 11.8 Å². The van der Waals surface area contributed by atoms with Gasteiger partial charge in [-0.1, -0.05) is 111 Å². The predicted octanol–water partition coefficient (Wildman–Crippen LogP) is 10.7. The van der Waals surface area contributed by atoms with Gasteiger partial charge in [-0.05, 0) is 139 Å². The van der Waals surface area contributed by atoms with E-state index in [0.29, 0.717) is 13.1 Å². The highest BCUT2D eigenvalue weighted by Gasteiger charge is 2.27. The number of amides is 2. The number of rotatable bonds is 18. The number of hydrogen-bond acceptors (Lipinski definition) is 4. The van der Waals surface area contributed by atoms with E-state index >= 15 is 0 Å². The lowest BCUT2D eigenvalue weighted by Gasteiger charge is -2.34. The normalized spacial score (nSPS) is 21.0. The Hall–Kier alpha value is -3.74. The van der Waals surface area contributed by atoms with E-state index in [4.69, 9.17) is 0 Å². The third kappa shape index (κ3) is 17.2. The van der Waals surface area contributed by atoms with Gasteiger partial charge in [0.15, 0.2) is 0 Å². The van der Waals surface area contributed by atoms with Crippen molar-refractivity contribution in [2.24, 2.45) is 10.8 Å². The lowest BCUT2D eigenvalue weighted by molar-refractivity contribution is -0.117. The molecule has 6 nitrogen and oxygen atoms in total. The third-order valence-corrected chi connectivity index (χ3v) is 11.6. The van der Waals surface area contributed by atoms with Gasteiger partial charge in [0.25, 0.3) is 0 Å². The van der Waals surface area contributed by atoms with Crippen molar-refractivity contribution in [1.29, 1.82) is 0 Å². The maximum Gasteiger partial charge on any atom is 0.244 e. The smallest absolute Gasteiger partial charge is 0.244 e. The molecule has 0 bridgehead atoms. The summed E-state index contributed by atoms with van der Waals surface area (Å²) in [7, 11) is 0.